The van der Waals surface area contributed by atoms with Gasteiger partial charge in [0, 0.05) is 5.54 Å². The number of nitrogens with zero attached hydrogens (tertiary/aromatic N) is 2. The van der Waals surface area contributed by atoms with Gasteiger partial charge in [-0.05, 0) is 32.6 Å². The summed E-state index contributed by atoms with van der Waals surface area (Å²) in [4.78, 5) is 0. The molecule has 0 saturated heterocycles. The summed E-state index contributed by atoms with van der Waals surface area (Å²) in [5, 5.41) is 22.9. The fourth-order valence-electron chi connectivity index (χ4n) is 2.84. The molecule has 1 atom stereocenters. The van der Waals surface area contributed by atoms with Crippen LogP contribution in [0.25, 0.3) is 0 Å². The lowest BCUT2D eigenvalue weighted by atomic mass is 9.76. The van der Waals surface area contributed by atoms with Crippen LogP contribution in [0.3, 0.4) is 0 Å². The number of aliphatic hydroxyl groups excluding tert-OH is 1. The van der Waals surface area contributed by atoms with Gasteiger partial charge in [-0.15, -0.1) is 10.2 Å². The van der Waals surface area contributed by atoms with Crippen LogP contribution in [0.4, 0.5) is 0 Å². The largest absolute Gasteiger partial charge is 0.469 e. The van der Waals surface area contributed by atoms with Crippen molar-refractivity contribution in [3.05, 3.63) is 5.01 Å². The fraction of sp³-hybridized carbons (Fsp3) is 0.857. The molecule has 5 nitrogen and oxygen atoms in total. The third-order valence-electron chi connectivity index (χ3n) is 4.19. The van der Waals surface area contributed by atoms with Gasteiger partial charge in [0.05, 0.1) is 19.8 Å². The quantitative estimate of drug-likeness (QED) is 0.809. The van der Waals surface area contributed by atoms with Crippen LogP contribution in [0.5, 0.6) is 5.19 Å². The number of aliphatic hydroxyl groups is 1. The Hall–Kier alpha value is -0.720. The predicted molar refractivity (Wildman–Crippen MR) is 80.0 cm³/mol. The standard InChI is InChI=1S/C14H25N3O2S/c1-3-19-13-17-16-12(20-13)9-15-14(2,10-18)11-7-5-4-6-8-11/h11,15,18H,3-10H2,1-2H3/t14-/m1/s1. The summed E-state index contributed by atoms with van der Waals surface area (Å²) in [5.74, 6) is 0.542. The van der Waals surface area contributed by atoms with Crippen molar-refractivity contribution in [2.45, 2.75) is 58.0 Å². The Balaban J connectivity index is 1.91. The monoisotopic (exact) mass is 299 g/mol. The van der Waals surface area contributed by atoms with Crippen molar-refractivity contribution in [2.24, 2.45) is 5.92 Å². The zero-order chi connectivity index (χ0) is 14.4. The van der Waals surface area contributed by atoms with E-state index in [2.05, 4.69) is 22.4 Å². The molecule has 1 aromatic heterocycles. The molecule has 6 heteroatoms. The van der Waals surface area contributed by atoms with Gasteiger partial charge in [0.1, 0.15) is 5.01 Å². The van der Waals surface area contributed by atoms with E-state index >= 15 is 0 Å². The first kappa shape index (κ1) is 15.7. The third-order valence-corrected chi connectivity index (χ3v) is 5.03. The smallest absolute Gasteiger partial charge is 0.294 e. The highest BCUT2D eigenvalue weighted by Gasteiger charge is 2.34. The third kappa shape index (κ3) is 3.90. The van der Waals surface area contributed by atoms with Gasteiger partial charge in [0.25, 0.3) is 5.19 Å². The van der Waals surface area contributed by atoms with Crippen LogP contribution in [0.2, 0.25) is 0 Å². The minimum absolute atomic E-state index is 0.161. The molecule has 114 valence electrons. The highest BCUT2D eigenvalue weighted by molar-refractivity contribution is 7.13. The minimum atomic E-state index is -0.224. The molecule has 0 radical (unpaired) electrons. The van der Waals surface area contributed by atoms with E-state index in [0.717, 1.165) is 5.01 Å². The molecule has 1 fully saturated rings. The molecule has 20 heavy (non-hydrogen) atoms. The number of nitrogens with one attached hydrogen (secondary N) is 1. The van der Waals surface area contributed by atoms with E-state index in [-0.39, 0.29) is 12.1 Å². The van der Waals surface area contributed by atoms with Gasteiger partial charge in [0.15, 0.2) is 0 Å². The summed E-state index contributed by atoms with van der Waals surface area (Å²) in [5.41, 5.74) is -0.224. The highest BCUT2D eigenvalue weighted by atomic mass is 32.1. The maximum atomic E-state index is 9.79. The molecule has 1 aliphatic rings. The highest BCUT2D eigenvalue weighted by Crippen LogP contribution is 2.32. The van der Waals surface area contributed by atoms with E-state index in [4.69, 9.17) is 4.74 Å². The number of ether oxygens (including phenoxy) is 1. The zero-order valence-electron chi connectivity index (χ0n) is 12.4. The fourth-order valence-corrected chi connectivity index (χ4v) is 3.52. The van der Waals surface area contributed by atoms with E-state index in [1.807, 2.05) is 6.92 Å². The Bertz CT molecular complexity index is 407. The summed E-state index contributed by atoms with van der Waals surface area (Å²) >= 11 is 1.47. The van der Waals surface area contributed by atoms with Gasteiger partial charge >= 0.3 is 0 Å². The Kier molecular flexibility index (Phi) is 5.74. The minimum Gasteiger partial charge on any atom is -0.469 e. The number of hydrogen-bond acceptors (Lipinski definition) is 6. The molecule has 2 rings (SSSR count). The molecule has 0 aromatic carbocycles. The molecule has 0 bridgehead atoms. The first-order valence-corrected chi connectivity index (χ1v) is 8.30. The molecule has 1 heterocycles. The predicted octanol–water partition coefficient (Wildman–Crippen LogP) is 2.36. The zero-order valence-corrected chi connectivity index (χ0v) is 13.2. The van der Waals surface area contributed by atoms with Crippen LogP contribution in [-0.2, 0) is 6.54 Å². The Labute approximate surface area is 124 Å². The molecular weight excluding hydrogens is 274 g/mol. The van der Waals surface area contributed by atoms with Crippen LogP contribution >= 0.6 is 11.3 Å². The average molecular weight is 299 g/mol. The molecule has 0 amide bonds. The van der Waals surface area contributed by atoms with Crippen molar-refractivity contribution in [3.8, 4) is 5.19 Å². The maximum absolute atomic E-state index is 9.79. The van der Waals surface area contributed by atoms with Crippen LogP contribution < -0.4 is 10.1 Å². The molecule has 0 aliphatic heterocycles. The molecule has 0 spiro atoms. The van der Waals surface area contributed by atoms with Gasteiger partial charge < -0.3 is 15.2 Å². The second kappa shape index (κ2) is 7.33. The van der Waals surface area contributed by atoms with Gasteiger partial charge in [-0.25, -0.2) is 0 Å². The first-order chi connectivity index (χ1) is 9.68. The summed E-state index contributed by atoms with van der Waals surface area (Å²) in [6, 6.07) is 0. The number of hydrogen-bond donors (Lipinski definition) is 2. The van der Waals surface area contributed by atoms with Crippen LogP contribution in [0.15, 0.2) is 0 Å². The van der Waals surface area contributed by atoms with E-state index in [9.17, 15) is 5.11 Å². The lowest BCUT2D eigenvalue weighted by Crippen LogP contribution is -2.52. The summed E-state index contributed by atoms with van der Waals surface area (Å²) in [7, 11) is 0. The van der Waals surface area contributed by atoms with Crippen molar-refractivity contribution in [1.29, 1.82) is 0 Å². The van der Waals surface area contributed by atoms with Gasteiger partial charge in [-0.2, -0.15) is 0 Å². The number of rotatable bonds is 7. The number of aromatic nitrogens is 2. The van der Waals surface area contributed by atoms with Crippen molar-refractivity contribution in [2.75, 3.05) is 13.2 Å². The second-order valence-corrected chi connectivity index (χ2v) is 6.68. The van der Waals surface area contributed by atoms with Crippen molar-refractivity contribution in [3.63, 3.8) is 0 Å². The van der Waals surface area contributed by atoms with Crippen LogP contribution in [0.1, 0.15) is 51.0 Å². The van der Waals surface area contributed by atoms with E-state index in [1.165, 1.54) is 43.4 Å². The second-order valence-electron chi connectivity index (χ2n) is 5.66. The molecular formula is C14H25N3O2S. The lowest BCUT2D eigenvalue weighted by molar-refractivity contribution is 0.0936. The van der Waals surface area contributed by atoms with Gasteiger partial charge in [0.2, 0.25) is 0 Å². The Morgan fingerprint density at radius 2 is 2.10 bits per heavy atom. The summed E-state index contributed by atoms with van der Waals surface area (Å²) in [6.07, 6.45) is 6.27. The first-order valence-electron chi connectivity index (χ1n) is 7.49. The molecule has 0 unspecified atom stereocenters. The van der Waals surface area contributed by atoms with Crippen LogP contribution in [0, 0.1) is 5.92 Å². The summed E-state index contributed by atoms with van der Waals surface area (Å²) < 4.78 is 5.33. The topological polar surface area (TPSA) is 67.3 Å². The van der Waals surface area contributed by atoms with Gasteiger partial charge in [-0.3, -0.25) is 0 Å². The van der Waals surface area contributed by atoms with Crippen molar-refractivity contribution >= 4 is 11.3 Å². The summed E-state index contributed by atoms with van der Waals surface area (Å²) in [6.45, 7) is 5.46. The van der Waals surface area contributed by atoms with E-state index < -0.39 is 0 Å². The molecule has 1 aromatic rings. The Morgan fingerprint density at radius 1 is 1.35 bits per heavy atom. The van der Waals surface area contributed by atoms with Gasteiger partial charge in [-0.1, -0.05) is 30.6 Å². The Morgan fingerprint density at radius 3 is 2.75 bits per heavy atom. The molecule has 1 aliphatic carbocycles. The lowest BCUT2D eigenvalue weighted by Gasteiger charge is -2.39. The average Bonchev–Trinajstić information content (AvgIpc) is 2.94. The van der Waals surface area contributed by atoms with Crippen molar-refractivity contribution < 1.29 is 9.84 Å². The SMILES string of the molecule is CCOc1nnc(CN[C@](C)(CO)C2CCCCC2)s1. The van der Waals surface area contributed by atoms with Crippen LogP contribution in [-0.4, -0.2) is 34.1 Å². The van der Waals surface area contributed by atoms with Crippen molar-refractivity contribution in [1.82, 2.24) is 15.5 Å². The molecule has 1 saturated carbocycles. The van der Waals surface area contributed by atoms with E-state index in [1.54, 1.807) is 0 Å². The normalized spacial score (nSPS) is 19.8. The van der Waals surface area contributed by atoms with E-state index in [0.29, 0.717) is 24.3 Å². The maximum Gasteiger partial charge on any atom is 0.294 e. The molecule has 2 N–H and O–H groups in total.